The van der Waals surface area contributed by atoms with E-state index in [0.29, 0.717) is 24.6 Å². The molecule has 0 radical (unpaired) electrons. The molecule has 7 nitrogen and oxygen atoms in total. The number of hydrogen-bond donors (Lipinski definition) is 1. The maximum absolute atomic E-state index is 14.0. The van der Waals surface area contributed by atoms with Crippen molar-refractivity contribution in [1.82, 2.24) is 19.8 Å². The zero-order chi connectivity index (χ0) is 23.7. The summed E-state index contributed by atoms with van der Waals surface area (Å²) >= 11 is 0. The van der Waals surface area contributed by atoms with Crippen LogP contribution in [0.5, 0.6) is 0 Å². The van der Waals surface area contributed by atoms with E-state index in [1.54, 1.807) is 0 Å². The number of aromatic nitrogens is 2. The van der Waals surface area contributed by atoms with E-state index < -0.39 is 0 Å². The summed E-state index contributed by atoms with van der Waals surface area (Å²) < 4.78 is 5.46. The van der Waals surface area contributed by atoms with Crippen LogP contribution >= 0.6 is 0 Å². The Kier molecular flexibility index (Phi) is 6.84. The van der Waals surface area contributed by atoms with Crippen LogP contribution in [0.25, 0.3) is 0 Å². The molecule has 0 bridgehead atoms. The summed E-state index contributed by atoms with van der Waals surface area (Å²) in [4.78, 5) is 27.9. The van der Waals surface area contributed by atoms with Crippen molar-refractivity contribution in [1.29, 1.82) is 0 Å². The molecule has 1 aromatic carbocycles. The molecule has 1 aromatic heterocycles. The van der Waals surface area contributed by atoms with Gasteiger partial charge in [-0.05, 0) is 57.7 Å². The van der Waals surface area contributed by atoms with E-state index >= 15 is 0 Å². The first-order valence-corrected chi connectivity index (χ1v) is 12.7. The largest absolute Gasteiger partial charge is 0.381 e. The molecule has 1 N–H and O–H groups in total. The molecular weight excluding hydrogens is 426 g/mol. The van der Waals surface area contributed by atoms with Gasteiger partial charge < -0.3 is 19.9 Å². The van der Waals surface area contributed by atoms with Gasteiger partial charge in [-0.1, -0.05) is 30.3 Å². The van der Waals surface area contributed by atoms with Gasteiger partial charge >= 0.3 is 0 Å². The number of anilines is 1. The molecule has 0 spiro atoms. The normalized spacial score (nSPS) is 28.4. The molecule has 2 fully saturated rings. The van der Waals surface area contributed by atoms with Crippen molar-refractivity contribution in [3.63, 3.8) is 0 Å². The van der Waals surface area contributed by atoms with E-state index in [1.807, 2.05) is 12.3 Å². The van der Waals surface area contributed by atoms with Crippen LogP contribution < -0.4 is 5.32 Å². The van der Waals surface area contributed by atoms with E-state index in [9.17, 15) is 4.79 Å². The fraction of sp³-hybridized carbons (Fsp3) is 0.593. The average Bonchev–Trinajstić information content (AvgIpc) is 2.86. The lowest BCUT2D eigenvalue weighted by molar-refractivity contribution is -0.141. The number of carbonyl (C=O) groups excluding carboxylic acids is 1. The van der Waals surface area contributed by atoms with Gasteiger partial charge in [0.05, 0.1) is 12.2 Å². The number of amides is 1. The molecule has 5 rings (SSSR count). The number of carbonyl (C=O) groups is 1. The van der Waals surface area contributed by atoms with Crippen LogP contribution in [0.15, 0.2) is 36.5 Å². The molecule has 2 aromatic rings. The molecule has 0 unspecified atom stereocenters. The molecule has 7 heteroatoms. The number of benzene rings is 1. The van der Waals surface area contributed by atoms with Crippen LogP contribution in [0.1, 0.15) is 55.8 Å². The Hall–Kier alpha value is -2.51. The number of nitrogens with zero attached hydrogens (tertiary/aromatic N) is 4. The number of piperidine rings is 1. The quantitative estimate of drug-likeness (QED) is 0.749. The Balaban J connectivity index is 1.36. The third-order valence-electron chi connectivity index (χ3n) is 8.02. The second-order valence-electron chi connectivity index (χ2n) is 10.4. The Morgan fingerprint density at radius 3 is 2.65 bits per heavy atom. The lowest BCUT2D eigenvalue weighted by Gasteiger charge is -2.44. The highest BCUT2D eigenvalue weighted by atomic mass is 16.5. The predicted molar refractivity (Wildman–Crippen MR) is 133 cm³/mol. The minimum atomic E-state index is -0.0146. The van der Waals surface area contributed by atoms with Gasteiger partial charge in [-0.25, -0.2) is 9.97 Å². The standard InChI is InChI=1S/C27H37N5O2/c1-18-14-23(24(16-31(18)3)20-7-5-4-6-8-20)26(33)32-17-25-21(13-19(32)2)15-28-27(30-25)29-22-9-11-34-12-10-22/h4-8,15,18-19,22-24H,9-14,16-17H2,1-3H3,(H,28,29,30)/t18-,19-,23+,24-/m1/s1. The zero-order valence-corrected chi connectivity index (χ0v) is 20.6. The highest BCUT2D eigenvalue weighted by molar-refractivity contribution is 5.81. The van der Waals surface area contributed by atoms with E-state index in [1.165, 1.54) is 5.56 Å². The van der Waals surface area contributed by atoms with Gasteiger partial charge in [-0.3, -0.25) is 4.79 Å². The third-order valence-corrected chi connectivity index (χ3v) is 8.02. The number of hydrogen-bond acceptors (Lipinski definition) is 6. The SMILES string of the molecule is C[C@@H]1C[C@H](C(=O)N2Cc3nc(NC4CCOCC4)ncc3C[C@H]2C)[C@@H](c2ccccc2)CN1C. The summed E-state index contributed by atoms with van der Waals surface area (Å²) in [5, 5.41) is 3.48. The maximum atomic E-state index is 14.0. The summed E-state index contributed by atoms with van der Waals surface area (Å²) in [6.07, 6.45) is 5.57. The summed E-state index contributed by atoms with van der Waals surface area (Å²) in [6, 6.07) is 11.4. The predicted octanol–water partition coefficient (Wildman–Crippen LogP) is 3.46. The Bertz CT molecular complexity index is 994. The molecule has 182 valence electrons. The molecule has 0 saturated carbocycles. The second kappa shape index (κ2) is 10.0. The summed E-state index contributed by atoms with van der Waals surface area (Å²) in [5.74, 6) is 1.13. The lowest BCUT2D eigenvalue weighted by Crippen LogP contribution is -2.52. The summed E-state index contributed by atoms with van der Waals surface area (Å²) in [7, 11) is 2.17. The number of rotatable bonds is 4. The zero-order valence-electron chi connectivity index (χ0n) is 20.6. The molecule has 4 heterocycles. The van der Waals surface area contributed by atoms with Crippen molar-refractivity contribution in [2.24, 2.45) is 5.92 Å². The molecule has 34 heavy (non-hydrogen) atoms. The fourth-order valence-corrected chi connectivity index (χ4v) is 5.74. The van der Waals surface area contributed by atoms with Gasteiger partial charge in [-0.15, -0.1) is 0 Å². The Morgan fingerprint density at radius 1 is 1.12 bits per heavy atom. The monoisotopic (exact) mass is 463 g/mol. The minimum absolute atomic E-state index is 0.0146. The highest BCUT2D eigenvalue weighted by Crippen LogP contribution is 2.37. The molecule has 4 atom stereocenters. The third kappa shape index (κ3) is 4.82. The van der Waals surface area contributed by atoms with Crippen molar-refractivity contribution < 1.29 is 9.53 Å². The summed E-state index contributed by atoms with van der Waals surface area (Å²) in [6.45, 7) is 7.41. The Morgan fingerprint density at radius 2 is 1.88 bits per heavy atom. The lowest BCUT2D eigenvalue weighted by atomic mass is 9.77. The van der Waals surface area contributed by atoms with Crippen LogP contribution in [0, 0.1) is 5.92 Å². The van der Waals surface area contributed by atoms with Crippen molar-refractivity contribution >= 4 is 11.9 Å². The maximum Gasteiger partial charge on any atom is 0.227 e. The number of likely N-dealkylation sites (N-methyl/N-ethyl adjacent to an activating group) is 1. The van der Waals surface area contributed by atoms with E-state index in [0.717, 1.165) is 56.7 Å². The van der Waals surface area contributed by atoms with Gasteiger partial charge in [0.1, 0.15) is 0 Å². The first-order chi connectivity index (χ1) is 16.5. The van der Waals surface area contributed by atoms with E-state index in [2.05, 4.69) is 65.3 Å². The highest BCUT2D eigenvalue weighted by Gasteiger charge is 2.41. The van der Waals surface area contributed by atoms with Crippen molar-refractivity contribution in [2.45, 2.75) is 70.1 Å². The molecular formula is C27H37N5O2. The minimum Gasteiger partial charge on any atom is -0.381 e. The average molecular weight is 464 g/mol. The van der Waals surface area contributed by atoms with Gasteiger partial charge in [0.25, 0.3) is 0 Å². The first kappa shape index (κ1) is 23.2. The van der Waals surface area contributed by atoms with E-state index in [-0.39, 0.29) is 23.8 Å². The van der Waals surface area contributed by atoms with Gasteiger partial charge in [0, 0.05) is 55.9 Å². The van der Waals surface area contributed by atoms with Gasteiger partial charge in [0.15, 0.2) is 0 Å². The summed E-state index contributed by atoms with van der Waals surface area (Å²) in [5.41, 5.74) is 3.40. The van der Waals surface area contributed by atoms with Gasteiger partial charge in [-0.2, -0.15) is 0 Å². The van der Waals surface area contributed by atoms with Crippen LogP contribution in [0.3, 0.4) is 0 Å². The van der Waals surface area contributed by atoms with Gasteiger partial charge in [0.2, 0.25) is 11.9 Å². The second-order valence-corrected chi connectivity index (χ2v) is 10.4. The number of nitrogens with one attached hydrogen (secondary N) is 1. The van der Waals surface area contributed by atoms with Crippen LogP contribution in [-0.4, -0.2) is 70.6 Å². The smallest absolute Gasteiger partial charge is 0.227 e. The number of likely N-dealkylation sites (tertiary alicyclic amines) is 1. The molecule has 0 aliphatic carbocycles. The van der Waals surface area contributed by atoms with Crippen LogP contribution in [0.2, 0.25) is 0 Å². The fourth-order valence-electron chi connectivity index (χ4n) is 5.74. The molecule has 2 saturated heterocycles. The number of ether oxygens (including phenoxy) is 1. The first-order valence-electron chi connectivity index (χ1n) is 12.7. The van der Waals surface area contributed by atoms with Crippen molar-refractivity contribution in [3.05, 3.63) is 53.3 Å². The number of fused-ring (bicyclic) bond motifs is 1. The molecule has 3 aliphatic rings. The topological polar surface area (TPSA) is 70.6 Å². The van der Waals surface area contributed by atoms with Crippen LogP contribution in [-0.2, 0) is 22.5 Å². The van der Waals surface area contributed by atoms with Crippen molar-refractivity contribution in [2.75, 3.05) is 32.1 Å². The molecule has 3 aliphatic heterocycles. The Labute approximate surface area is 202 Å². The van der Waals surface area contributed by atoms with Crippen molar-refractivity contribution in [3.8, 4) is 0 Å². The van der Waals surface area contributed by atoms with Crippen LogP contribution in [0.4, 0.5) is 5.95 Å². The van der Waals surface area contributed by atoms with E-state index in [4.69, 9.17) is 9.72 Å². The molecule has 1 amide bonds.